The standard InChI is InChI=1S/C16H15FN2O3S/c1-19-7-6-11-12(8-19)23-15(13(11)16(21)22)18-14(20)9-2-4-10(17)5-3-9/h2-5H,6-8H2,1H3,(H,18,20)(H,21,22). The summed E-state index contributed by atoms with van der Waals surface area (Å²) in [6.07, 6.45) is 0.646. The normalized spacial score (nSPS) is 16.7. The molecule has 23 heavy (non-hydrogen) atoms. The van der Waals surface area contributed by atoms with Crippen LogP contribution in [0.2, 0.25) is 0 Å². The molecule has 1 atom stereocenters. The van der Waals surface area contributed by atoms with Gasteiger partial charge in [-0.25, -0.2) is 4.39 Å². The highest BCUT2D eigenvalue weighted by molar-refractivity contribution is 7.17. The number of aromatic carboxylic acids is 1. The zero-order valence-electron chi connectivity index (χ0n) is 12.4. The second-order valence-electron chi connectivity index (χ2n) is 5.59. The molecule has 1 aromatic carbocycles. The van der Waals surface area contributed by atoms with E-state index in [9.17, 15) is 19.1 Å². The number of carboxylic acids is 1. The summed E-state index contributed by atoms with van der Waals surface area (Å²) in [5, 5.41) is 14.4. The van der Waals surface area contributed by atoms with Crippen LogP contribution in [0.3, 0.4) is 0 Å². The van der Waals surface area contributed by atoms with Crippen molar-refractivity contribution in [3.05, 3.63) is 51.7 Å². The lowest BCUT2D eigenvalue weighted by Crippen LogP contribution is -3.08. The molecule has 0 radical (unpaired) electrons. The Morgan fingerprint density at radius 3 is 2.65 bits per heavy atom. The minimum Gasteiger partial charge on any atom is -0.545 e. The van der Waals surface area contributed by atoms with Crippen molar-refractivity contribution < 1.29 is 24.0 Å². The van der Waals surface area contributed by atoms with E-state index in [0.29, 0.717) is 11.4 Å². The second kappa shape index (κ2) is 6.10. The molecule has 0 fully saturated rings. The number of carbonyl (C=O) groups is 2. The van der Waals surface area contributed by atoms with Gasteiger partial charge in [0.05, 0.1) is 24.4 Å². The van der Waals surface area contributed by atoms with Crippen molar-refractivity contribution in [2.45, 2.75) is 13.0 Å². The highest BCUT2D eigenvalue weighted by Gasteiger charge is 2.26. The van der Waals surface area contributed by atoms with Crippen molar-refractivity contribution in [2.75, 3.05) is 18.9 Å². The molecule has 2 aromatic rings. The Hall–Kier alpha value is -2.25. The van der Waals surface area contributed by atoms with Gasteiger partial charge >= 0.3 is 0 Å². The summed E-state index contributed by atoms with van der Waals surface area (Å²) >= 11 is 1.27. The molecule has 0 bridgehead atoms. The number of quaternary nitrogens is 1. The molecule has 1 aliphatic heterocycles. The first kappa shape index (κ1) is 15.6. The SMILES string of the molecule is C[NH+]1CCc2c(sc(NC(=O)c3ccc(F)cc3)c2C(=O)[O-])C1. The molecule has 7 heteroatoms. The molecule has 0 spiro atoms. The van der Waals surface area contributed by atoms with Gasteiger partial charge in [-0.1, -0.05) is 0 Å². The number of carboxylic acid groups (broad SMARTS) is 1. The van der Waals surface area contributed by atoms with Crippen LogP contribution in [0.4, 0.5) is 9.39 Å². The van der Waals surface area contributed by atoms with Gasteiger partial charge in [0.2, 0.25) is 0 Å². The van der Waals surface area contributed by atoms with Gasteiger partial charge in [0, 0.05) is 17.5 Å². The number of amides is 1. The van der Waals surface area contributed by atoms with Crippen LogP contribution in [0.15, 0.2) is 24.3 Å². The average Bonchev–Trinajstić information content (AvgIpc) is 2.84. The minimum absolute atomic E-state index is 0.0768. The Bertz CT molecular complexity index is 770. The molecule has 1 aromatic heterocycles. The van der Waals surface area contributed by atoms with Crippen molar-refractivity contribution in [3.63, 3.8) is 0 Å². The summed E-state index contributed by atoms with van der Waals surface area (Å²) in [4.78, 5) is 26.0. The fourth-order valence-corrected chi connectivity index (χ4v) is 4.05. The zero-order chi connectivity index (χ0) is 16.6. The monoisotopic (exact) mass is 334 g/mol. The number of anilines is 1. The number of thiophene rings is 1. The number of hydrogen-bond donors (Lipinski definition) is 2. The molecule has 2 heterocycles. The third-order valence-electron chi connectivity index (χ3n) is 3.89. The summed E-state index contributed by atoms with van der Waals surface area (Å²) in [6, 6.07) is 5.09. The molecule has 1 aliphatic rings. The molecule has 1 unspecified atom stereocenters. The smallest absolute Gasteiger partial charge is 0.256 e. The Kier molecular flexibility index (Phi) is 4.14. The summed E-state index contributed by atoms with van der Waals surface area (Å²) < 4.78 is 12.9. The lowest BCUT2D eigenvalue weighted by molar-refractivity contribution is -0.895. The van der Waals surface area contributed by atoms with E-state index in [0.717, 1.165) is 23.5 Å². The number of fused-ring (bicyclic) bond motifs is 1. The van der Waals surface area contributed by atoms with Gasteiger partial charge in [-0.15, -0.1) is 11.3 Å². The number of likely N-dealkylation sites (N-methyl/N-ethyl adjacent to an activating group) is 1. The van der Waals surface area contributed by atoms with Crippen LogP contribution in [0.1, 0.15) is 31.2 Å². The largest absolute Gasteiger partial charge is 0.545 e. The van der Waals surface area contributed by atoms with E-state index in [-0.39, 0.29) is 11.1 Å². The third-order valence-corrected chi connectivity index (χ3v) is 5.04. The molecule has 120 valence electrons. The number of benzene rings is 1. The molecule has 0 saturated heterocycles. The predicted molar refractivity (Wildman–Crippen MR) is 82.2 cm³/mol. The van der Waals surface area contributed by atoms with Crippen LogP contribution in [0.5, 0.6) is 0 Å². The number of halogens is 1. The van der Waals surface area contributed by atoms with E-state index in [2.05, 4.69) is 5.32 Å². The van der Waals surface area contributed by atoms with E-state index in [1.165, 1.54) is 40.5 Å². The Morgan fingerprint density at radius 1 is 1.30 bits per heavy atom. The van der Waals surface area contributed by atoms with Crippen molar-refractivity contribution >= 4 is 28.2 Å². The average molecular weight is 334 g/mol. The van der Waals surface area contributed by atoms with E-state index >= 15 is 0 Å². The van der Waals surface area contributed by atoms with Gasteiger partial charge in [-0.3, -0.25) is 4.79 Å². The van der Waals surface area contributed by atoms with E-state index in [4.69, 9.17) is 0 Å². The first-order chi connectivity index (χ1) is 11.0. The number of nitrogens with one attached hydrogen (secondary N) is 2. The van der Waals surface area contributed by atoms with Crippen molar-refractivity contribution in [1.82, 2.24) is 0 Å². The quantitative estimate of drug-likeness (QED) is 0.835. The second-order valence-corrected chi connectivity index (χ2v) is 6.70. The van der Waals surface area contributed by atoms with Gasteiger partial charge in [0.15, 0.2) is 0 Å². The molecule has 3 rings (SSSR count). The number of carbonyl (C=O) groups excluding carboxylic acids is 2. The molecule has 0 aliphatic carbocycles. The third kappa shape index (κ3) is 3.11. The number of rotatable bonds is 3. The van der Waals surface area contributed by atoms with Crippen molar-refractivity contribution in [2.24, 2.45) is 0 Å². The summed E-state index contributed by atoms with van der Waals surface area (Å²) in [7, 11) is 2.04. The minimum atomic E-state index is -1.28. The van der Waals surface area contributed by atoms with Crippen LogP contribution in [-0.2, 0) is 13.0 Å². The predicted octanol–water partition coefficient (Wildman–Crippen LogP) is 0.0738. The van der Waals surface area contributed by atoms with Gasteiger partial charge in [0.25, 0.3) is 5.91 Å². The maximum atomic E-state index is 12.9. The topological polar surface area (TPSA) is 73.7 Å². The first-order valence-electron chi connectivity index (χ1n) is 7.20. The molecule has 1 amide bonds. The van der Waals surface area contributed by atoms with Gasteiger partial charge in [0.1, 0.15) is 17.4 Å². The highest BCUT2D eigenvalue weighted by Crippen LogP contribution is 2.34. The fourth-order valence-electron chi connectivity index (χ4n) is 2.70. The summed E-state index contributed by atoms with van der Waals surface area (Å²) in [5.41, 5.74) is 1.10. The maximum absolute atomic E-state index is 12.9. The Morgan fingerprint density at radius 2 is 2.00 bits per heavy atom. The van der Waals surface area contributed by atoms with Crippen LogP contribution < -0.4 is 15.3 Å². The molecule has 2 N–H and O–H groups in total. The van der Waals surface area contributed by atoms with Crippen molar-refractivity contribution in [1.29, 1.82) is 0 Å². The zero-order valence-corrected chi connectivity index (χ0v) is 13.3. The summed E-state index contributed by atoms with van der Waals surface area (Å²) in [5.74, 6) is -2.18. The Balaban J connectivity index is 1.92. The van der Waals surface area contributed by atoms with E-state index < -0.39 is 17.7 Å². The van der Waals surface area contributed by atoms with Crippen LogP contribution in [0.25, 0.3) is 0 Å². The maximum Gasteiger partial charge on any atom is 0.256 e. The lowest BCUT2D eigenvalue weighted by Gasteiger charge is -2.20. The van der Waals surface area contributed by atoms with Gasteiger partial charge in [-0.2, -0.15) is 0 Å². The van der Waals surface area contributed by atoms with Crippen molar-refractivity contribution in [3.8, 4) is 0 Å². The number of hydrogen-bond acceptors (Lipinski definition) is 4. The summed E-state index contributed by atoms with van der Waals surface area (Å²) in [6.45, 7) is 1.57. The van der Waals surface area contributed by atoms with Gasteiger partial charge in [-0.05, 0) is 29.8 Å². The molecule has 5 nitrogen and oxygen atoms in total. The van der Waals surface area contributed by atoms with Crippen LogP contribution in [-0.4, -0.2) is 25.5 Å². The lowest BCUT2D eigenvalue weighted by atomic mass is 10.0. The molecule has 0 saturated carbocycles. The first-order valence-corrected chi connectivity index (χ1v) is 8.01. The van der Waals surface area contributed by atoms with Crippen LogP contribution >= 0.6 is 11.3 Å². The van der Waals surface area contributed by atoms with E-state index in [1.54, 1.807) is 0 Å². The van der Waals surface area contributed by atoms with E-state index in [1.807, 2.05) is 7.05 Å². The molecular weight excluding hydrogens is 319 g/mol. The van der Waals surface area contributed by atoms with Gasteiger partial charge < -0.3 is 20.1 Å². The fraction of sp³-hybridized carbons (Fsp3) is 0.250. The van der Waals surface area contributed by atoms with Crippen LogP contribution in [0, 0.1) is 5.82 Å². The molecular formula is C16H15FN2O3S. The highest BCUT2D eigenvalue weighted by atomic mass is 32.1. The Labute approximate surface area is 136 Å².